The van der Waals surface area contributed by atoms with Crippen LogP contribution in [0.5, 0.6) is 0 Å². The minimum Gasteiger partial charge on any atom is -0.348 e. The Balaban J connectivity index is 1.70. The average Bonchev–Trinajstić information content (AvgIpc) is 3.22. The van der Waals surface area contributed by atoms with E-state index in [1.54, 1.807) is 15.9 Å². The highest BCUT2D eigenvalue weighted by atomic mass is 32.2. The monoisotopic (exact) mass is 401 g/mol. The molecule has 1 atom stereocenters. The van der Waals surface area contributed by atoms with Crippen molar-refractivity contribution in [1.29, 1.82) is 0 Å². The number of thiophene rings is 1. The number of hydrogen-bond donors (Lipinski definition) is 0. The van der Waals surface area contributed by atoms with Crippen LogP contribution in [0, 0.1) is 5.92 Å². The van der Waals surface area contributed by atoms with Gasteiger partial charge in [-0.1, -0.05) is 18.7 Å². The number of aryl methyl sites for hydroxylation is 2. The average molecular weight is 402 g/mol. The molecule has 0 radical (unpaired) electrons. The number of carbonyl (C=O) groups excluding carboxylic acids is 1. The third kappa shape index (κ3) is 3.27. The number of carbonyl (C=O) groups is 1. The first-order valence-electron chi connectivity index (χ1n) is 9.32. The Morgan fingerprint density at radius 2 is 2.26 bits per heavy atom. The normalized spacial score (nSPS) is 16.6. The molecule has 1 aliphatic carbocycles. The molecule has 7 heteroatoms. The summed E-state index contributed by atoms with van der Waals surface area (Å²) in [6.45, 7) is 4.78. The van der Waals surface area contributed by atoms with E-state index in [4.69, 9.17) is 4.98 Å². The summed E-state index contributed by atoms with van der Waals surface area (Å²) >= 11 is 3.02. The molecule has 0 aliphatic heterocycles. The number of Topliss-reactive ketones (excluding diaryl/α,β-unsaturated/α-hetero) is 1. The molecule has 0 aromatic carbocycles. The summed E-state index contributed by atoms with van der Waals surface area (Å²) in [5.41, 5.74) is 1.93. The highest BCUT2D eigenvalue weighted by molar-refractivity contribution is 7.99. The van der Waals surface area contributed by atoms with Gasteiger partial charge >= 0.3 is 0 Å². The maximum atomic E-state index is 13.1. The lowest BCUT2D eigenvalue weighted by atomic mass is 9.89. The van der Waals surface area contributed by atoms with Gasteiger partial charge in [-0.05, 0) is 49.8 Å². The largest absolute Gasteiger partial charge is 0.348 e. The van der Waals surface area contributed by atoms with Crippen LogP contribution in [0.25, 0.3) is 10.2 Å². The first-order chi connectivity index (χ1) is 13.0. The number of hydrogen-bond acceptors (Lipinski definition) is 5. The van der Waals surface area contributed by atoms with Crippen molar-refractivity contribution in [3.05, 3.63) is 44.8 Å². The molecule has 0 N–H and O–H groups in total. The summed E-state index contributed by atoms with van der Waals surface area (Å²) < 4.78 is 3.54. The first kappa shape index (κ1) is 18.5. The number of fused-ring (bicyclic) bond motifs is 3. The number of aromatic nitrogens is 3. The van der Waals surface area contributed by atoms with Crippen molar-refractivity contribution >= 4 is 39.1 Å². The van der Waals surface area contributed by atoms with Crippen LogP contribution in [0.3, 0.4) is 0 Å². The number of nitrogens with zero attached hydrogens (tertiary/aromatic N) is 3. The lowest BCUT2D eigenvalue weighted by molar-refractivity contribution is 0.101. The van der Waals surface area contributed by atoms with Crippen LogP contribution in [-0.2, 0) is 26.4 Å². The predicted octanol–water partition coefficient (Wildman–Crippen LogP) is 3.92. The first-order valence-corrected chi connectivity index (χ1v) is 11.1. The molecule has 4 rings (SSSR count). The smallest absolute Gasteiger partial charge is 0.263 e. The highest BCUT2D eigenvalue weighted by Crippen LogP contribution is 2.36. The van der Waals surface area contributed by atoms with Gasteiger partial charge in [-0.3, -0.25) is 14.2 Å². The fraction of sp³-hybridized carbons (Fsp3) is 0.450. The van der Waals surface area contributed by atoms with Gasteiger partial charge in [0.2, 0.25) is 0 Å². The Bertz CT molecular complexity index is 1080. The SMILES string of the molecule is CCn1c(SCC(=O)c2cccn2C)nc2sc3c(c2c1=O)CCC(C)C3. The zero-order valence-corrected chi connectivity index (χ0v) is 17.5. The third-order valence-corrected chi connectivity index (χ3v) is 7.38. The van der Waals surface area contributed by atoms with Gasteiger partial charge in [0.25, 0.3) is 5.56 Å². The Kier molecular flexibility index (Phi) is 4.99. The molecule has 1 unspecified atom stereocenters. The van der Waals surface area contributed by atoms with Gasteiger partial charge in [0, 0.05) is 24.7 Å². The second kappa shape index (κ2) is 7.28. The maximum Gasteiger partial charge on any atom is 0.263 e. The van der Waals surface area contributed by atoms with Gasteiger partial charge in [-0.15, -0.1) is 11.3 Å². The number of thioether (sulfide) groups is 1. The zero-order chi connectivity index (χ0) is 19.1. The van der Waals surface area contributed by atoms with Gasteiger partial charge in [0.1, 0.15) is 4.83 Å². The van der Waals surface area contributed by atoms with Crippen LogP contribution in [-0.4, -0.2) is 25.7 Å². The van der Waals surface area contributed by atoms with Gasteiger partial charge in [0.15, 0.2) is 10.9 Å². The highest BCUT2D eigenvalue weighted by Gasteiger charge is 2.24. The second-order valence-corrected chi connectivity index (χ2v) is 9.22. The van der Waals surface area contributed by atoms with E-state index >= 15 is 0 Å². The zero-order valence-electron chi connectivity index (χ0n) is 15.8. The van der Waals surface area contributed by atoms with Crippen molar-refractivity contribution in [2.24, 2.45) is 13.0 Å². The molecule has 1 aliphatic rings. The van der Waals surface area contributed by atoms with Crippen molar-refractivity contribution in [1.82, 2.24) is 14.1 Å². The minimum atomic E-state index is 0.0448. The van der Waals surface area contributed by atoms with E-state index < -0.39 is 0 Å². The van der Waals surface area contributed by atoms with Crippen LogP contribution in [0.4, 0.5) is 0 Å². The lowest BCUT2D eigenvalue weighted by Gasteiger charge is -2.17. The Labute approximate surface area is 166 Å². The minimum absolute atomic E-state index is 0.0448. The van der Waals surface area contributed by atoms with Crippen molar-refractivity contribution < 1.29 is 4.79 Å². The molecule has 0 spiro atoms. The molecule has 0 bridgehead atoms. The topological polar surface area (TPSA) is 56.9 Å². The summed E-state index contributed by atoms with van der Waals surface area (Å²) in [4.78, 5) is 32.6. The number of rotatable bonds is 5. The molecule has 3 aromatic heterocycles. The van der Waals surface area contributed by atoms with Crippen LogP contribution in [0.15, 0.2) is 28.3 Å². The second-order valence-electron chi connectivity index (χ2n) is 7.19. The fourth-order valence-corrected chi connectivity index (χ4v) is 6.11. The quantitative estimate of drug-likeness (QED) is 0.369. The van der Waals surface area contributed by atoms with Gasteiger partial charge in [-0.25, -0.2) is 4.98 Å². The fourth-order valence-electron chi connectivity index (χ4n) is 3.75. The van der Waals surface area contributed by atoms with Crippen LogP contribution in [0.2, 0.25) is 0 Å². The predicted molar refractivity (Wildman–Crippen MR) is 111 cm³/mol. The van der Waals surface area contributed by atoms with Crippen LogP contribution in [0.1, 0.15) is 41.2 Å². The summed E-state index contributed by atoms with van der Waals surface area (Å²) in [7, 11) is 1.86. The van der Waals surface area contributed by atoms with Gasteiger partial charge < -0.3 is 4.57 Å². The summed E-state index contributed by atoms with van der Waals surface area (Å²) in [5, 5.41) is 1.45. The molecule has 3 aromatic rings. The van der Waals surface area contributed by atoms with E-state index in [0.29, 0.717) is 23.3 Å². The Morgan fingerprint density at radius 1 is 1.44 bits per heavy atom. The summed E-state index contributed by atoms with van der Waals surface area (Å²) in [6.07, 6.45) is 5.00. The molecule has 0 fully saturated rings. The molecule has 3 heterocycles. The molecule has 0 amide bonds. The third-order valence-electron chi connectivity index (χ3n) is 5.26. The molecule has 0 saturated heterocycles. The molecule has 5 nitrogen and oxygen atoms in total. The van der Waals surface area contributed by atoms with Crippen LogP contribution < -0.4 is 5.56 Å². The van der Waals surface area contributed by atoms with Crippen molar-refractivity contribution in [2.45, 2.75) is 44.8 Å². The molecular weight excluding hydrogens is 378 g/mol. The summed E-state index contributed by atoms with van der Waals surface area (Å²) in [5.74, 6) is 0.984. The van der Waals surface area contributed by atoms with Gasteiger partial charge in [-0.2, -0.15) is 0 Å². The molecular formula is C20H23N3O2S2. The molecule has 0 saturated carbocycles. The van der Waals surface area contributed by atoms with Crippen molar-refractivity contribution in [3.8, 4) is 0 Å². The van der Waals surface area contributed by atoms with E-state index in [1.165, 1.54) is 22.2 Å². The number of ketones is 1. The standard InChI is InChI=1S/C20H23N3O2S2/c1-4-23-19(25)17-13-8-7-12(2)10-16(13)27-18(17)21-20(23)26-11-15(24)14-6-5-9-22(14)3/h5-6,9,12H,4,7-8,10-11H2,1-3H3. The Morgan fingerprint density at radius 3 is 2.96 bits per heavy atom. The summed E-state index contributed by atoms with van der Waals surface area (Å²) in [6, 6.07) is 3.68. The van der Waals surface area contributed by atoms with E-state index in [1.807, 2.05) is 36.9 Å². The molecule has 142 valence electrons. The maximum absolute atomic E-state index is 13.1. The van der Waals surface area contributed by atoms with E-state index in [2.05, 4.69) is 6.92 Å². The van der Waals surface area contributed by atoms with E-state index in [9.17, 15) is 9.59 Å². The lowest BCUT2D eigenvalue weighted by Crippen LogP contribution is -2.23. The van der Waals surface area contributed by atoms with E-state index in [0.717, 1.165) is 29.5 Å². The van der Waals surface area contributed by atoms with Crippen molar-refractivity contribution in [2.75, 3.05) is 5.75 Å². The molecule has 27 heavy (non-hydrogen) atoms. The Hall–Kier alpha value is -1.86. The van der Waals surface area contributed by atoms with Gasteiger partial charge in [0.05, 0.1) is 16.8 Å². The van der Waals surface area contributed by atoms with Crippen molar-refractivity contribution in [3.63, 3.8) is 0 Å². The van der Waals surface area contributed by atoms with Crippen LogP contribution >= 0.6 is 23.1 Å². The van der Waals surface area contributed by atoms with E-state index in [-0.39, 0.29) is 17.1 Å².